The maximum absolute atomic E-state index is 13.4. The monoisotopic (exact) mass is 256 g/mol. The molecule has 0 amide bonds. The minimum Gasteiger partial charge on any atom is -0.235 e. The number of hydrogen-bond acceptors (Lipinski definition) is 2. The Labute approximate surface area is 107 Å². The maximum Gasteiger partial charge on any atom is 0.181 e. The van der Waals surface area contributed by atoms with Crippen molar-refractivity contribution >= 4 is 11.6 Å². The third-order valence-electron chi connectivity index (χ3n) is 3.72. The van der Waals surface area contributed by atoms with Gasteiger partial charge >= 0.3 is 0 Å². The van der Waals surface area contributed by atoms with Crippen LogP contribution in [-0.2, 0) is 0 Å². The second-order valence-electron chi connectivity index (χ2n) is 4.91. The van der Waals surface area contributed by atoms with E-state index in [2.05, 4.69) is 16.9 Å². The van der Waals surface area contributed by atoms with Crippen LogP contribution in [0.15, 0.2) is 0 Å². The van der Waals surface area contributed by atoms with Crippen molar-refractivity contribution in [1.82, 2.24) is 9.97 Å². The van der Waals surface area contributed by atoms with E-state index in [4.69, 9.17) is 11.6 Å². The molecule has 1 aromatic rings. The minimum atomic E-state index is -0.488. The summed E-state index contributed by atoms with van der Waals surface area (Å²) in [5.41, 5.74) is 0.360. The standard InChI is InChI=1S/C13H18ClFN2/c1-3-9-5-4-6-10(7-9)13-16-8(2)11(15)12(14)17-13/h9-10H,3-7H2,1-2H3. The van der Waals surface area contributed by atoms with E-state index < -0.39 is 5.82 Å². The van der Waals surface area contributed by atoms with Crippen LogP contribution in [0.1, 0.15) is 56.5 Å². The molecule has 1 fully saturated rings. The van der Waals surface area contributed by atoms with E-state index in [1.807, 2.05) is 0 Å². The summed E-state index contributed by atoms with van der Waals surface area (Å²) in [6.07, 6.45) is 5.90. The van der Waals surface area contributed by atoms with Crippen molar-refractivity contribution in [1.29, 1.82) is 0 Å². The number of nitrogens with zero attached hydrogens (tertiary/aromatic N) is 2. The van der Waals surface area contributed by atoms with Crippen LogP contribution in [0.25, 0.3) is 0 Å². The molecule has 94 valence electrons. The molecule has 17 heavy (non-hydrogen) atoms. The van der Waals surface area contributed by atoms with Gasteiger partial charge in [0.1, 0.15) is 5.82 Å². The molecular formula is C13H18ClFN2. The molecule has 2 nitrogen and oxygen atoms in total. The van der Waals surface area contributed by atoms with Gasteiger partial charge in [-0.2, -0.15) is 0 Å². The Balaban J connectivity index is 2.22. The predicted octanol–water partition coefficient (Wildman–Crippen LogP) is 4.26. The van der Waals surface area contributed by atoms with Gasteiger partial charge in [-0.25, -0.2) is 14.4 Å². The van der Waals surface area contributed by atoms with Crippen LogP contribution in [0.4, 0.5) is 4.39 Å². The average Bonchev–Trinajstić information content (AvgIpc) is 2.35. The molecule has 1 aromatic heterocycles. The molecule has 2 atom stereocenters. The molecule has 0 saturated heterocycles. The predicted molar refractivity (Wildman–Crippen MR) is 66.7 cm³/mol. The van der Waals surface area contributed by atoms with Crippen LogP contribution >= 0.6 is 11.6 Å². The smallest absolute Gasteiger partial charge is 0.181 e. The van der Waals surface area contributed by atoms with Gasteiger partial charge in [0, 0.05) is 5.92 Å². The fraction of sp³-hybridized carbons (Fsp3) is 0.692. The summed E-state index contributed by atoms with van der Waals surface area (Å²) in [5.74, 6) is 1.34. The van der Waals surface area contributed by atoms with Gasteiger partial charge < -0.3 is 0 Å². The summed E-state index contributed by atoms with van der Waals surface area (Å²) in [7, 11) is 0. The zero-order valence-electron chi connectivity index (χ0n) is 10.3. The molecule has 0 N–H and O–H groups in total. The van der Waals surface area contributed by atoms with Crippen molar-refractivity contribution in [3.63, 3.8) is 0 Å². The average molecular weight is 257 g/mol. The molecule has 0 bridgehead atoms. The maximum atomic E-state index is 13.4. The van der Waals surface area contributed by atoms with Crippen molar-refractivity contribution in [3.8, 4) is 0 Å². The summed E-state index contributed by atoms with van der Waals surface area (Å²) < 4.78 is 13.4. The van der Waals surface area contributed by atoms with Crippen molar-refractivity contribution in [2.45, 2.75) is 51.9 Å². The number of aryl methyl sites for hydroxylation is 1. The molecule has 1 heterocycles. The fourth-order valence-corrected chi connectivity index (χ4v) is 2.85. The fourth-order valence-electron chi connectivity index (χ4n) is 2.62. The van der Waals surface area contributed by atoms with Crippen LogP contribution in [0.2, 0.25) is 5.15 Å². The molecule has 2 unspecified atom stereocenters. The van der Waals surface area contributed by atoms with Crippen LogP contribution in [0, 0.1) is 18.7 Å². The normalized spacial score (nSPS) is 24.9. The van der Waals surface area contributed by atoms with Gasteiger partial charge in [-0.1, -0.05) is 37.8 Å². The molecule has 0 aliphatic heterocycles. The Morgan fingerprint density at radius 3 is 2.76 bits per heavy atom. The van der Waals surface area contributed by atoms with E-state index >= 15 is 0 Å². The molecule has 2 rings (SSSR count). The minimum absolute atomic E-state index is 0.0360. The highest BCUT2D eigenvalue weighted by molar-refractivity contribution is 6.29. The first kappa shape index (κ1) is 12.7. The van der Waals surface area contributed by atoms with Crippen LogP contribution < -0.4 is 0 Å². The highest BCUT2D eigenvalue weighted by Gasteiger charge is 2.25. The topological polar surface area (TPSA) is 25.8 Å². The van der Waals surface area contributed by atoms with E-state index in [1.54, 1.807) is 6.92 Å². The summed E-state index contributed by atoms with van der Waals surface area (Å²) in [6.45, 7) is 3.86. The second kappa shape index (κ2) is 5.30. The molecule has 1 aliphatic rings. The molecule has 0 aromatic carbocycles. The van der Waals surface area contributed by atoms with Gasteiger partial charge in [0.25, 0.3) is 0 Å². The van der Waals surface area contributed by atoms with Gasteiger partial charge in [-0.3, -0.25) is 0 Å². The van der Waals surface area contributed by atoms with E-state index in [9.17, 15) is 4.39 Å². The number of halogens is 2. The molecule has 1 saturated carbocycles. The Bertz CT molecular complexity index is 385. The first-order valence-corrected chi connectivity index (χ1v) is 6.69. The Hall–Kier alpha value is -0.700. The van der Waals surface area contributed by atoms with E-state index in [0.29, 0.717) is 11.6 Å². The van der Waals surface area contributed by atoms with Gasteiger partial charge in [0.05, 0.1) is 5.69 Å². The Morgan fingerprint density at radius 1 is 1.35 bits per heavy atom. The van der Waals surface area contributed by atoms with Crippen molar-refractivity contribution in [3.05, 3.63) is 22.5 Å². The third kappa shape index (κ3) is 2.76. The lowest BCUT2D eigenvalue weighted by atomic mass is 9.80. The van der Waals surface area contributed by atoms with E-state index in [1.165, 1.54) is 19.3 Å². The van der Waals surface area contributed by atoms with E-state index in [-0.39, 0.29) is 5.15 Å². The number of hydrogen-bond donors (Lipinski definition) is 0. The van der Waals surface area contributed by atoms with Gasteiger partial charge in [0.15, 0.2) is 11.0 Å². The Kier molecular flexibility index (Phi) is 3.97. The van der Waals surface area contributed by atoms with Gasteiger partial charge in [0.2, 0.25) is 0 Å². The largest absolute Gasteiger partial charge is 0.235 e. The lowest BCUT2D eigenvalue weighted by Crippen LogP contribution is -2.16. The van der Waals surface area contributed by atoms with Crippen LogP contribution in [0.3, 0.4) is 0 Å². The summed E-state index contributed by atoms with van der Waals surface area (Å²) >= 11 is 5.78. The zero-order chi connectivity index (χ0) is 12.4. The number of aromatic nitrogens is 2. The van der Waals surface area contributed by atoms with Gasteiger partial charge in [-0.15, -0.1) is 0 Å². The Morgan fingerprint density at radius 2 is 2.12 bits per heavy atom. The highest BCUT2D eigenvalue weighted by atomic mass is 35.5. The lowest BCUT2D eigenvalue weighted by Gasteiger charge is -2.27. The van der Waals surface area contributed by atoms with Crippen LogP contribution in [-0.4, -0.2) is 9.97 Å². The summed E-state index contributed by atoms with van der Waals surface area (Å²) in [4.78, 5) is 8.36. The summed E-state index contributed by atoms with van der Waals surface area (Å²) in [6, 6.07) is 0. The SMILES string of the molecule is CCC1CCCC(c2nc(C)c(F)c(Cl)n2)C1. The third-order valence-corrected chi connectivity index (χ3v) is 3.97. The van der Waals surface area contributed by atoms with Crippen molar-refractivity contribution < 1.29 is 4.39 Å². The highest BCUT2D eigenvalue weighted by Crippen LogP contribution is 2.36. The molecule has 0 spiro atoms. The molecular weight excluding hydrogens is 239 g/mol. The quantitative estimate of drug-likeness (QED) is 0.739. The zero-order valence-corrected chi connectivity index (χ0v) is 11.1. The van der Waals surface area contributed by atoms with Gasteiger partial charge in [-0.05, 0) is 25.7 Å². The lowest BCUT2D eigenvalue weighted by molar-refractivity contribution is 0.306. The van der Waals surface area contributed by atoms with Crippen molar-refractivity contribution in [2.75, 3.05) is 0 Å². The summed E-state index contributed by atoms with van der Waals surface area (Å²) in [5, 5.41) is -0.0360. The molecule has 1 aliphatic carbocycles. The first-order chi connectivity index (χ1) is 8.11. The first-order valence-electron chi connectivity index (χ1n) is 6.31. The van der Waals surface area contributed by atoms with Crippen LogP contribution in [0.5, 0.6) is 0 Å². The number of rotatable bonds is 2. The molecule has 0 radical (unpaired) electrons. The van der Waals surface area contributed by atoms with Crippen molar-refractivity contribution in [2.24, 2.45) is 5.92 Å². The molecule has 4 heteroatoms. The van der Waals surface area contributed by atoms with E-state index in [0.717, 1.165) is 24.6 Å². The second-order valence-corrected chi connectivity index (χ2v) is 5.27.